The first-order chi connectivity index (χ1) is 8.04. The molecule has 0 spiro atoms. The van der Waals surface area contributed by atoms with E-state index < -0.39 is 5.97 Å². The van der Waals surface area contributed by atoms with Crippen molar-refractivity contribution in [1.29, 1.82) is 0 Å². The molecule has 0 fully saturated rings. The lowest BCUT2D eigenvalue weighted by Crippen LogP contribution is -2.02. The molecular formula is C11H8Cl2N2O2. The monoisotopic (exact) mass is 270 g/mol. The molecule has 0 saturated heterocycles. The zero-order valence-corrected chi connectivity index (χ0v) is 10.4. The third kappa shape index (κ3) is 2.06. The summed E-state index contributed by atoms with van der Waals surface area (Å²) in [5.41, 5.74) is 1.47. The van der Waals surface area contributed by atoms with Crippen molar-refractivity contribution in [2.24, 2.45) is 0 Å². The Morgan fingerprint density at radius 2 is 2.06 bits per heavy atom. The second-order valence-corrected chi connectivity index (χ2v) is 4.16. The van der Waals surface area contributed by atoms with Crippen LogP contribution in [0.2, 0.25) is 10.2 Å². The van der Waals surface area contributed by atoms with Crippen LogP contribution in [0.4, 0.5) is 0 Å². The van der Waals surface area contributed by atoms with Gasteiger partial charge in [-0.3, -0.25) is 0 Å². The van der Waals surface area contributed by atoms with Gasteiger partial charge in [0.05, 0.1) is 10.5 Å². The van der Waals surface area contributed by atoms with E-state index >= 15 is 0 Å². The predicted molar refractivity (Wildman–Crippen MR) is 65.9 cm³/mol. The Balaban J connectivity index is 2.83. The number of nitrogens with zero attached hydrogens (tertiary/aromatic N) is 2. The summed E-state index contributed by atoms with van der Waals surface area (Å²) in [6, 6.07) is 3.53. The van der Waals surface area contributed by atoms with Gasteiger partial charge in [-0.2, -0.15) is 0 Å². The van der Waals surface area contributed by atoms with Gasteiger partial charge < -0.3 is 5.11 Å². The lowest BCUT2D eigenvalue weighted by Gasteiger charge is -2.06. The fourth-order valence-electron chi connectivity index (χ4n) is 1.49. The SMILES string of the molecule is CCc1ccc2nc(Cl)c(C(=O)O)c(Cl)c2n1. The van der Waals surface area contributed by atoms with Crippen molar-refractivity contribution in [3.05, 3.63) is 33.6 Å². The van der Waals surface area contributed by atoms with Gasteiger partial charge in [0.15, 0.2) is 0 Å². The predicted octanol–water partition coefficient (Wildman–Crippen LogP) is 3.20. The molecular weight excluding hydrogens is 263 g/mol. The molecule has 0 unspecified atom stereocenters. The van der Waals surface area contributed by atoms with Crippen LogP contribution in [0.1, 0.15) is 23.0 Å². The molecule has 2 aromatic rings. The second-order valence-electron chi connectivity index (χ2n) is 3.42. The minimum atomic E-state index is -1.21. The molecule has 4 nitrogen and oxygen atoms in total. The van der Waals surface area contributed by atoms with Gasteiger partial charge in [0.1, 0.15) is 16.2 Å². The van der Waals surface area contributed by atoms with Crippen LogP contribution in [0.15, 0.2) is 12.1 Å². The second kappa shape index (κ2) is 4.47. The zero-order chi connectivity index (χ0) is 12.6. The number of carboxylic acids is 1. The van der Waals surface area contributed by atoms with Crippen molar-refractivity contribution in [3.8, 4) is 0 Å². The lowest BCUT2D eigenvalue weighted by molar-refractivity contribution is 0.0697. The average Bonchev–Trinajstić information content (AvgIpc) is 2.28. The fraction of sp³-hybridized carbons (Fsp3) is 0.182. The van der Waals surface area contributed by atoms with Gasteiger partial charge in [-0.05, 0) is 18.6 Å². The first-order valence-corrected chi connectivity index (χ1v) is 5.68. The van der Waals surface area contributed by atoms with E-state index in [2.05, 4.69) is 9.97 Å². The van der Waals surface area contributed by atoms with Gasteiger partial charge in [0.2, 0.25) is 0 Å². The molecule has 0 atom stereocenters. The van der Waals surface area contributed by atoms with Crippen LogP contribution in [-0.2, 0) is 6.42 Å². The van der Waals surface area contributed by atoms with Gasteiger partial charge in [0, 0.05) is 5.69 Å². The molecule has 1 N–H and O–H groups in total. The Labute approximate surface area is 107 Å². The topological polar surface area (TPSA) is 63.1 Å². The van der Waals surface area contributed by atoms with Crippen LogP contribution in [0.5, 0.6) is 0 Å². The van der Waals surface area contributed by atoms with E-state index in [1.165, 1.54) is 0 Å². The molecule has 0 aliphatic heterocycles. The molecule has 0 aromatic carbocycles. The summed E-state index contributed by atoms with van der Waals surface area (Å²) >= 11 is 11.8. The van der Waals surface area contributed by atoms with Crippen LogP contribution in [0.25, 0.3) is 11.0 Å². The normalized spacial score (nSPS) is 10.8. The lowest BCUT2D eigenvalue weighted by atomic mass is 10.2. The highest BCUT2D eigenvalue weighted by Crippen LogP contribution is 2.29. The zero-order valence-electron chi connectivity index (χ0n) is 8.87. The maximum atomic E-state index is 11.0. The number of aryl methyl sites for hydroxylation is 1. The Morgan fingerprint density at radius 1 is 1.35 bits per heavy atom. The maximum absolute atomic E-state index is 11.0. The Hall–Kier alpha value is -1.39. The number of hydrogen-bond donors (Lipinski definition) is 1. The quantitative estimate of drug-likeness (QED) is 0.852. The third-order valence-corrected chi connectivity index (χ3v) is 3.00. The summed E-state index contributed by atoms with van der Waals surface area (Å²) < 4.78 is 0. The Bertz CT molecular complexity index is 614. The third-order valence-electron chi connectivity index (χ3n) is 2.36. The van der Waals surface area contributed by atoms with E-state index in [1.54, 1.807) is 6.07 Å². The molecule has 0 bridgehead atoms. The minimum absolute atomic E-state index is 0.0304. The fourth-order valence-corrected chi connectivity index (χ4v) is 2.12. The number of carbonyl (C=O) groups is 1. The van der Waals surface area contributed by atoms with E-state index in [4.69, 9.17) is 28.3 Å². The highest BCUT2D eigenvalue weighted by molar-refractivity contribution is 6.41. The molecule has 0 amide bonds. The van der Waals surface area contributed by atoms with E-state index in [9.17, 15) is 4.79 Å². The molecule has 0 aliphatic carbocycles. The smallest absolute Gasteiger partial charge is 0.340 e. The van der Waals surface area contributed by atoms with Gasteiger partial charge in [-0.25, -0.2) is 14.8 Å². The number of rotatable bonds is 2. The number of aromatic nitrogens is 2. The molecule has 17 heavy (non-hydrogen) atoms. The highest BCUT2D eigenvalue weighted by Gasteiger charge is 2.19. The van der Waals surface area contributed by atoms with Crippen molar-refractivity contribution < 1.29 is 9.90 Å². The molecule has 2 heterocycles. The molecule has 0 radical (unpaired) electrons. The molecule has 6 heteroatoms. The number of aromatic carboxylic acids is 1. The number of hydrogen-bond acceptors (Lipinski definition) is 3. The molecule has 0 aliphatic rings. The number of fused-ring (bicyclic) bond motifs is 1. The highest BCUT2D eigenvalue weighted by atomic mass is 35.5. The van der Waals surface area contributed by atoms with Gasteiger partial charge in [-0.1, -0.05) is 30.1 Å². The Morgan fingerprint density at radius 3 is 2.65 bits per heavy atom. The van der Waals surface area contributed by atoms with Crippen LogP contribution < -0.4 is 0 Å². The standard InChI is InChI=1S/C11H8Cl2N2O2/c1-2-5-3-4-6-9(14-5)8(12)7(11(16)17)10(13)15-6/h3-4H,2H2,1H3,(H,16,17). The first kappa shape index (κ1) is 12.1. The average molecular weight is 271 g/mol. The number of pyridine rings is 2. The van der Waals surface area contributed by atoms with Crippen molar-refractivity contribution in [3.63, 3.8) is 0 Å². The van der Waals surface area contributed by atoms with Crippen LogP contribution >= 0.6 is 23.2 Å². The van der Waals surface area contributed by atoms with Gasteiger partial charge in [-0.15, -0.1) is 0 Å². The van der Waals surface area contributed by atoms with Crippen LogP contribution in [-0.4, -0.2) is 21.0 Å². The van der Waals surface area contributed by atoms with E-state index in [0.717, 1.165) is 12.1 Å². The number of halogens is 2. The Kier molecular flexibility index (Phi) is 3.17. The molecule has 0 saturated carbocycles. The summed E-state index contributed by atoms with van der Waals surface area (Å²) in [6.45, 7) is 1.95. The molecule has 88 valence electrons. The van der Waals surface area contributed by atoms with E-state index in [-0.39, 0.29) is 15.7 Å². The van der Waals surface area contributed by atoms with Crippen LogP contribution in [0, 0.1) is 0 Å². The molecule has 2 aromatic heterocycles. The summed E-state index contributed by atoms with van der Waals surface area (Å²) in [5, 5.41) is 8.90. The van der Waals surface area contributed by atoms with Gasteiger partial charge >= 0.3 is 5.97 Å². The van der Waals surface area contributed by atoms with E-state index in [1.807, 2.05) is 13.0 Å². The maximum Gasteiger partial charge on any atom is 0.340 e. The largest absolute Gasteiger partial charge is 0.478 e. The van der Waals surface area contributed by atoms with Gasteiger partial charge in [0.25, 0.3) is 0 Å². The summed E-state index contributed by atoms with van der Waals surface area (Å²) in [4.78, 5) is 19.2. The van der Waals surface area contributed by atoms with Crippen molar-refractivity contribution in [2.45, 2.75) is 13.3 Å². The van der Waals surface area contributed by atoms with E-state index in [0.29, 0.717) is 11.0 Å². The summed E-state index contributed by atoms with van der Waals surface area (Å²) in [6.07, 6.45) is 0.733. The number of carboxylic acid groups (broad SMARTS) is 1. The molecule has 2 rings (SSSR count). The van der Waals surface area contributed by atoms with Crippen molar-refractivity contribution in [2.75, 3.05) is 0 Å². The first-order valence-electron chi connectivity index (χ1n) is 4.92. The van der Waals surface area contributed by atoms with Crippen molar-refractivity contribution in [1.82, 2.24) is 9.97 Å². The summed E-state index contributed by atoms with van der Waals surface area (Å²) in [7, 11) is 0. The summed E-state index contributed by atoms with van der Waals surface area (Å²) in [5.74, 6) is -1.21. The van der Waals surface area contributed by atoms with Crippen molar-refractivity contribution >= 4 is 40.2 Å². The van der Waals surface area contributed by atoms with Crippen LogP contribution in [0.3, 0.4) is 0 Å². The minimum Gasteiger partial charge on any atom is -0.478 e.